The topological polar surface area (TPSA) is 59.7 Å². The molecule has 1 aromatic rings. The van der Waals surface area contributed by atoms with Crippen LogP contribution in [0.5, 0.6) is 11.5 Å². The molecular formula is C12H18O4. The predicted molar refractivity (Wildman–Crippen MR) is 59.6 cm³/mol. The lowest BCUT2D eigenvalue weighted by atomic mass is 10.1. The molecule has 4 heteroatoms. The summed E-state index contributed by atoms with van der Waals surface area (Å²) >= 11 is 0. The average Bonchev–Trinajstić information content (AvgIpc) is 2.44. The third kappa shape index (κ3) is 2.78. The fourth-order valence-electron chi connectivity index (χ4n) is 1.40. The van der Waals surface area contributed by atoms with Crippen LogP contribution in [-0.4, -0.2) is 11.1 Å². The second kappa shape index (κ2) is 5.05. The average molecular weight is 226 g/mol. The van der Waals surface area contributed by atoms with E-state index >= 15 is 0 Å². The number of furan rings is 1. The molecule has 16 heavy (non-hydrogen) atoms. The van der Waals surface area contributed by atoms with E-state index in [4.69, 9.17) is 9.15 Å². The highest BCUT2D eigenvalue weighted by atomic mass is 16.6. The molecule has 1 aromatic heterocycles. The second-order valence-electron chi connectivity index (χ2n) is 4.18. The molecule has 0 spiro atoms. The smallest absolute Gasteiger partial charge is 0.311 e. The summed E-state index contributed by atoms with van der Waals surface area (Å²) in [5, 5.41) is 9.66. The minimum absolute atomic E-state index is 0.0750. The molecule has 0 radical (unpaired) electrons. The van der Waals surface area contributed by atoms with Crippen molar-refractivity contribution in [2.24, 2.45) is 5.92 Å². The Bertz CT molecular complexity index is 377. The molecule has 0 aliphatic heterocycles. The lowest BCUT2D eigenvalue weighted by molar-refractivity contribution is -0.135. The minimum atomic E-state index is -0.346. The Labute approximate surface area is 95.2 Å². The molecule has 0 atom stereocenters. The lowest BCUT2D eigenvalue weighted by Gasteiger charge is -2.05. The molecular weight excluding hydrogens is 208 g/mol. The highest BCUT2D eigenvalue weighted by Gasteiger charge is 2.20. The maximum Gasteiger partial charge on any atom is 0.311 e. The van der Waals surface area contributed by atoms with Gasteiger partial charge in [-0.1, -0.05) is 20.8 Å². The number of rotatable bonds is 4. The van der Waals surface area contributed by atoms with Crippen LogP contribution in [0, 0.1) is 12.8 Å². The zero-order valence-electron chi connectivity index (χ0n) is 10.2. The summed E-state index contributed by atoms with van der Waals surface area (Å²) in [7, 11) is 0. The Morgan fingerprint density at radius 1 is 1.50 bits per heavy atom. The molecule has 1 N–H and O–H groups in total. The first-order chi connectivity index (χ1) is 7.45. The number of carbonyl (C=O) groups is 1. The van der Waals surface area contributed by atoms with Gasteiger partial charge in [0.05, 0.1) is 0 Å². The first-order valence-electron chi connectivity index (χ1n) is 5.47. The minimum Gasteiger partial charge on any atom is -0.502 e. The van der Waals surface area contributed by atoms with E-state index in [-0.39, 0.29) is 23.4 Å². The molecule has 0 saturated heterocycles. The lowest BCUT2D eigenvalue weighted by Crippen LogP contribution is -2.11. The van der Waals surface area contributed by atoms with Crippen molar-refractivity contribution in [3.63, 3.8) is 0 Å². The van der Waals surface area contributed by atoms with Gasteiger partial charge in [0.15, 0.2) is 5.76 Å². The Morgan fingerprint density at radius 3 is 2.62 bits per heavy atom. The van der Waals surface area contributed by atoms with Gasteiger partial charge in [-0.05, 0) is 12.8 Å². The molecule has 1 heterocycles. The molecule has 0 saturated carbocycles. The van der Waals surface area contributed by atoms with Gasteiger partial charge < -0.3 is 14.3 Å². The highest BCUT2D eigenvalue weighted by Crippen LogP contribution is 2.37. The summed E-state index contributed by atoms with van der Waals surface area (Å²) in [5.41, 5.74) is 0. The van der Waals surface area contributed by atoms with Crippen molar-refractivity contribution in [3.8, 4) is 11.5 Å². The van der Waals surface area contributed by atoms with Crippen molar-refractivity contribution in [2.45, 2.75) is 40.5 Å². The van der Waals surface area contributed by atoms with Gasteiger partial charge >= 0.3 is 5.97 Å². The van der Waals surface area contributed by atoms with E-state index in [0.717, 1.165) is 0 Å². The van der Waals surface area contributed by atoms with Crippen LogP contribution in [0.4, 0.5) is 0 Å². The molecule has 0 amide bonds. The number of aryl methyl sites for hydroxylation is 2. The first-order valence-corrected chi connectivity index (χ1v) is 5.47. The molecule has 0 bridgehead atoms. The normalized spacial score (nSPS) is 10.8. The number of hydrogen-bond donors (Lipinski definition) is 1. The SMILES string of the molecule is CCc1oc(C)c(O)c1OC(=O)CC(C)C. The molecule has 90 valence electrons. The Balaban J connectivity index is 2.83. The fourth-order valence-corrected chi connectivity index (χ4v) is 1.40. The van der Waals surface area contributed by atoms with Crippen LogP contribution in [0.1, 0.15) is 38.7 Å². The number of ether oxygens (including phenoxy) is 1. The van der Waals surface area contributed by atoms with E-state index in [0.29, 0.717) is 24.4 Å². The van der Waals surface area contributed by atoms with Crippen LogP contribution in [0.2, 0.25) is 0 Å². The number of carbonyl (C=O) groups excluding carboxylic acids is 1. The Kier molecular flexibility index (Phi) is 3.99. The summed E-state index contributed by atoms with van der Waals surface area (Å²) in [5.74, 6) is 0.865. The van der Waals surface area contributed by atoms with Gasteiger partial charge in [0, 0.05) is 12.8 Å². The maximum atomic E-state index is 11.5. The van der Waals surface area contributed by atoms with Crippen molar-refractivity contribution >= 4 is 5.97 Å². The molecule has 0 unspecified atom stereocenters. The molecule has 0 aliphatic rings. The predicted octanol–water partition coefficient (Wildman–Crippen LogP) is 2.81. The van der Waals surface area contributed by atoms with Gasteiger partial charge in [0.1, 0.15) is 5.76 Å². The van der Waals surface area contributed by atoms with Crippen molar-refractivity contribution in [2.75, 3.05) is 0 Å². The zero-order chi connectivity index (χ0) is 12.3. The maximum absolute atomic E-state index is 11.5. The Hall–Kier alpha value is -1.45. The number of esters is 1. The van der Waals surface area contributed by atoms with Crippen LogP contribution in [0.15, 0.2) is 4.42 Å². The monoisotopic (exact) mass is 226 g/mol. The van der Waals surface area contributed by atoms with E-state index in [1.807, 2.05) is 20.8 Å². The third-order valence-electron chi connectivity index (χ3n) is 2.19. The van der Waals surface area contributed by atoms with Crippen LogP contribution >= 0.6 is 0 Å². The van der Waals surface area contributed by atoms with E-state index in [9.17, 15) is 9.90 Å². The van der Waals surface area contributed by atoms with E-state index in [1.54, 1.807) is 6.92 Å². The summed E-state index contributed by atoms with van der Waals surface area (Å²) in [6, 6.07) is 0. The summed E-state index contributed by atoms with van der Waals surface area (Å²) in [6.45, 7) is 7.37. The largest absolute Gasteiger partial charge is 0.502 e. The second-order valence-corrected chi connectivity index (χ2v) is 4.18. The Morgan fingerprint density at radius 2 is 2.12 bits per heavy atom. The quantitative estimate of drug-likeness (QED) is 0.802. The van der Waals surface area contributed by atoms with Gasteiger partial charge in [-0.3, -0.25) is 4.79 Å². The van der Waals surface area contributed by atoms with Crippen LogP contribution in [0.3, 0.4) is 0 Å². The molecule has 0 fully saturated rings. The number of aromatic hydroxyl groups is 1. The van der Waals surface area contributed by atoms with Crippen LogP contribution < -0.4 is 4.74 Å². The summed E-state index contributed by atoms with van der Waals surface area (Å²) in [6.07, 6.45) is 0.901. The van der Waals surface area contributed by atoms with Crippen molar-refractivity contribution in [1.82, 2.24) is 0 Å². The van der Waals surface area contributed by atoms with Crippen molar-refractivity contribution in [1.29, 1.82) is 0 Å². The van der Waals surface area contributed by atoms with Gasteiger partial charge in [-0.2, -0.15) is 0 Å². The highest BCUT2D eigenvalue weighted by molar-refractivity contribution is 5.74. The van der Waals surface area contributed by atoms with E-state index < -0.39 is 0 Å². The first kappa shape index (κ1) is 12.6. The van der Waals surface area contributed by atoms with E-state index in [1.165, 1.54) is 0 Å². The molecule has 0 aliphatic carbocycles. The summed E-state index contributed by atoms with van der Waals surface area (Å²) < 4.78 is 10.4. The van der Waals surface area contributed by atoms with Gasteiger partial charge in [-0.15, -0.1) is 0 Å². The van der Waals surface area contributed by atoms with E-state index in [2.05, 4.69) is 0 Å². The number of hydrogen-bond acceptors (Lipinski definition) is 4. The zero-order valence-corrected chi connectivity index (χ0v) is 10.2. The van der Waals surface area contributed by atoms with Crippen molar-refractivity contribution < 1.29 is 19.1 Å². The molecule has 0 aromatic carbocycles. The van der Waals surface area contributed by atoms with Gasteiger partial charge in [0.25, 0.3) is 0 Å². The van der Waals surface area contributed by atoms with Crippen LogP contribution in [0.25, 0.3) is 0 Å². The third-order valence-corrected chi connectivity index (χ3v) is 2.19. The molecule has 1 rings (SSSR count). The fraction of sp³-hybridized carbons (Fsp3) is 0.583. The van der Waals surface area contributed by atoms with Crippen LogP contribution in [-0.2, 0) is 11.2 Å². The standard InChI is InChI=1S/C12H18O4/c1-5-9-12(11(14)8(4)15-9)16-10(13)6-7(2)3/h7,14H,5-6H2,1-4H3. The van der Waals surface area contributed by atoms with Crippen molar-refractivity contribution in [3.05, 3.63) is 11.5 Å². The van der Waals surface area contributed by atoms with Gasteiger partial charge in [-0.25, -0.2) is 0 Å². The molecule has 4 nitrogen and oxygen atoms in total. The summed E-state index contributed by atoms with van der Waals surface area (Å²) in [4.78, 5) is 11.5. The van der Waals surface area contributed by atoms with Gasteiger partial charge in [0.2, 0.25) is 11.5 Å².